The third kappa shape index (κ3) is 5.21. The Hall–Kier alpha value is -2.22. The molecule has 18 heavy (non-hydrogen) atoms. The van der Waals surface area contributed by atoms with Gasteiger partial charge in [-0.15, -0.1) is 0 Å². The normalized spacial score (nSPS) is 13.4. The molecule has 2 amide bonds. The van der Waals surface area contributed by atoms with E-state index in [0.29, 0.717) is 0 Å². The van der Waals surface area contributed by atoms with E-state index in [0.717, 1.165) is 0 Å². The summed E-state index contributed by atoms with van der Waals surface area (Å²) in [5, 5.41) is 22.9. The van der Waals surface area contributed by atoms with Crippen LogP contribution in [0.15, 0.2) is 18.5 Å². The number of hydrogen-bond acceptors (Lipinski definition) is 5. The second-order valence-corrected chi connectivity index (χ2v) is 3.95. The fourth-order valence-electron chi connectivity index (χ4n) is 1.17. The van der Waals surface area contributed by atoms with Gasteiger partial charge >= 0.3 is 12.0 Å². The minimum atomic E-state index is -1.51. The highest BCUT2D eigenvalue weighted by Gasteiger charge is 2.24. The number of carboxylic acids is 1. The van der Waals surface area contributed by atoms with Gasteiger partial charge in [-0.3, -0.25) is 10.1 Å². The molecule has 8 nitrogen and oxygen atoms in total. The number of anilines is 1. The van der Waals surface area contributed by atoms with E-state index in [1.54, 1.807) is 6.07 Å². The molecule has 0 aromatic carbocycles. The first-order valence-electron chi connectivity index (χ1n) is 5.15. The van der Waals surface area contributed by atoms with Crippen molar-refractivity contribution in [2.45, 2.75) is 18.9 Å². The number of carbonyl (C=O) groups is 2. The van der Waals surface area contributed by atoms with E-state index in [9.17, 15) is 14.7 Å². The van der Waals surface area contributed by atoms with Crippen LogP contribution >= 0.6 is 0 Å². The molecule has 8 heteroatoms. The van der Waals surface area contributed by atoms with Crippen LogP contribution in [0.1, 0.15) is 13.3 Å². The van der Waals surface area contributed by atoms with Gasteiger partial charge in [-0.2, -0.15) is 0 Å². The highest BCUT2D eigenvalue weighted by molar-refractivity contribution is 5.87. The summed E-state index contributed by atoms with van der Waals surface area (Å²) in [5.74, 6) is -1.03. The van der Waals surface area contributed by atoms with Crippen LogP contribution in [-0.4, -0.2) is 44.3 Å². The molecular formula is C10H14N4O4. The lowest BCUT2D eigenvalue weighted by Gasteiger charge is -2.21. The molecule has 0 aliphatic carbocycles. The first-order valence-corrected chi connectivity index (χ1v) is 5.15. The van der Waals surface area contributed by atoms with Gasteiger partial charge in [0.25, 0.3) is 0 Å². The summed E-state index contributed by atoms with van der Waals surface area (Å²) in [5.41, 5.74) is -1.51. The van der Waals surface area contributed by atoms with Gasteiger partial charge in [0.15, 0.2) is 0 Å². The minimum absolute atomic E-state index is 0.118. The number of aromatic nitrogens is 2. The van der Waals surface area contributed by atoms with Crippen molar-refractivity contribution in [1.82, 2.24) is 15.3 Å². The minimum Gasteiger partial charge on any atom is -0.481 e. The summed E-state index contributed by atoms with van der Waals surface area (Å²) in [6.45, 7) is 1.12. The van der Waals surface area contributed by atoms with Crippen LogP contribution in [0.25, 0.3) is 0 Å². The molecule has 1 aromatic rings. The van der Waals surface area contributed by atoms with Crippen molar-refractivity contribution in [2.24, 2.45) is 0 Å². The number of nitrogens with one attached hydrogen (secondary N) is 2. The zero-order chi connectivity index (χ0) is 13.6. The van der Waals surface area contributed by atoms with Crippen molar-refractivity contribution in [1.29, 1.82) is 0 Å². The lowest BCUT2D eigenvalue weighted by Crippen LogP contribution is -2.43. The molecule has 0 aliphatic rings. The number of carbonyl (C=O) groups excluding carboxylic acids is 1. The molecule has 1 atom stereocenters. The van der Waals surface area contributed by atoms with E-state index >= 15 is 0 Å². The molecule has 0 spiro atoms. The van der Waals surface area contributed by atoms with Crippen molar-refractivity contribution >= 4 is 17.9 Å². The Bertz CT molecular complexity index is 421. The predicted octanol–water partition coefficient (Wildman–Crippen LogP) is -0.176. The zero-order valence-corrected chi connectivity index (χ0v) is 9.75. The fraction of sp³-hybridized carbons (Fsp3) is 0.400. The second kappa shape index (κ2) is 5.92. The largest absolute Gasteiger partial charge is 0.481 e. The summed E-state index contributed by atoms with van der Waals surface area (Å²) < 4.78 is 0. The van der Waals surface area contributed by atoms with Gasteiger partial charge in [0.1, 0.15) is 0 Å². The average Bonchev–Trinajstić information content (AvgIpc) is 2.26. The molecule has 1 aromatic heterocycles. The van der Waals surface area contributed by atoms with Crippen LogP contribution in [-0.2, 0) is 4.79 Å². The number of hydrogen-bond donors (Lipinski definition) is 4. The SMILES string of the molecule is CC(O)(CNC(=O)Nc1ncccn1)CC(=O)O. The molecule has 0 bridgehead atoms. The zero-order valence-electron chi connectivity index (χ0n) is 9.75. The Morgan fingerprint density at radius 2 is 2.00 bits per heavy atom. The number of carboxylic acid groups (broad SMARTS) is 1. The van der Waals surface area contributed by atoms with E-state index in [2.05, 4.69) is 20.6 Å². The summed E-state index contributed by atoms with van der Waals surface area (Å²) in [6.07, 6.45) is 2.46. The van der Waals surface area contributed by atoms with Crippen molar-refractivity contribution in [3.05, 3.63) is 18.5 Å². The van der Waals surface area contributed by atoms with E-state index in [-0.39, 0.29) is 12.5 Å². The van der Waals surface area contributed by atoms with Gasteiger partial charge in [-0.05, 0) is 13.0 Å². The smallest absolute Gasteiger partial charge is 0.321 e. The van der Waals surface area contributed by atoms with E-state index in [1.807, 2.05) is 0 Å². The highest BCUT2D eigenvalue weighted by Crippen LogP contribution is 2.07. The monoisotopic (exact) mass is 254 g/mol. The Balaban J connectivity index is 2.40. The van der Waals surface area contributed by atoms with Gasteiger partial charge < -0.3 is 15.5 Å². The van der Waals surface area contributed by atoms with Crippen LogP contribution in [0.2, 0.25) is 0 Å². The number of aliphatic hydroxyl groups is 1. The second-order valence-electron chi connectivity index (χ2n) is 3.95. The van der Waals surface area contributed by atoms with E-state index in [1.165, 1.54) is 19.3 Å². The third-order valence-corrected chi connectivity index (χ3v) is 1.95. The Morgan fingerprint density at radius 1 is 1.39 bits per heavy atom. The molecule has 0 saturated heterocycles. The molecule has 4 N–H and O–H groups in total. The maximum Gasteiger partial charge on any atom is 0.321 e. The van der Waals surface area contributed by atoms with Crippen LogP contribution in [0.3, 0.4) is 0 Å². The van der Waals surface area contributed by atoms with Crippen molar-refractivity contribution in [2.75, 3.05) is 11.9 Å². The summed E-state index contributed by atoms with van der Waals surface area (Å²) >= 11 is 0. The van der Waals surface area contributed by atoms with Gasteiger partial charge in [-0.25, -0.2) is 14.8 Å². The molecule has 0 radical (unpaired) electrons. The lowest BCUT2D eigenvalue weighted by molar-refractivity contribution is -0.141. The number of aliphatic carboxylic acids is 1. The molecule has 98 valence electrons. The molecule has 1 rings (SSSR count). The number of amides is 2. The van der Waals surface area contributed by atoms with Crippen LogP contribution in [0.5, 0.6) is 0 Å². The summed E-state index contributed by atoms with van der Waals surface area (Å²) in [4.78, 5) is 29.4. The van der Waals surface area contributed by atoms with Crippen molar-refractivity contribution < 1.29 is 19.8 Å². The molecular weight excluding hydrogens is 240 g/mol. The maximum atomic E-state index is 11.4. The summed E-state index contributed by atoms with van der Waals surface area (Å²) in [6, 6.07) is 0.979. The number of rotatable bonds is 5. The van der Waals surface area contributed by atoms with Gasteiger partial charge in [-0.1, -0.05) is 0 Å². The molecule has 0 saturated carbocycles. The van der Waals surface area contributed by atoms with Crippen molar-refractivity contribution in [3.8, 4) is 0 Å². The fourth-order valence-corrected chi connectivity index (χ4v) is 1.17. The summed E-state index contributed by atoms with van der Waals surface area (Å²) in [7, 11) is 0. The Morgan fingerprint density at radius 3 is 2.56 bits per heavy atom. The average molecular weight is 254 g/mol. The first-order chi connectivity index (χ1) is 8.39. The number of urea groups is 1. The Labute approximate surface area is 103 Å². The van der Waals surface area contributed by atoms with Crippen LogP contribution < -0.4 is 10.6 Å². The quantitative estimate of drug-likeness (QED) is 0.578. The molecule has 1 heterocycles. The lowest BCUT2D eigenvalue weighted by atomic mass is 10.0. The molecule has 0 aliphatic heterocycles. The first kappa shape index (κ1) is 13.8. The van der Waals surface area contributed by atoms with Gasteiger partial charge in [0.05, 0.1) is 12.0 Å². The topological polar surface area (TPSA) is 124 Å². The Kier molecular flexibility index (Phi) is 4.55. The van der Waals surface area contributed by atoms with Crippen LogP contribution in [0.4, 0.5) is 10.7 Å². The van der Waals surface area contributed by atoms with Gasteiger partial charge in [0, 0.05) is 18.9 Å². The highest BCUT2D eigenvalue weighted by atomic mass is 16.4. The van der Waals surface area contributed by atoms with Crippen molar-refractivity contribution in [3.63, 3.8) is 0 Å². The molecule has 0 fully saturated rings. The molecule has 1 unspecified atom stereocenters. The van der Waals surface area contributed by atoms with Crippen LogP contribution in [0, 0.1) is 0 Å². The van der Waals surface area contributed by atoms with Gasteiger partial charge in [0.2, 0.25) is 5.95 Å². The third-order valence-electron chi connectivity index (χ3n) is 1.95. The van der Waals surface area contributed by atoms with E-state index in [4.69, 9.17) is 5.11 Å². The van der Waals surface area contributed by atoms with E-state index < -0.39 is 24.0 Å². The standard InChI is InChI=1S/C10H14N4O4/c1-10(18,5-7(15)16)6-13-9(17)14-8-11-3-2-4-12-8/h2-4,18H,5-6H2,1H3,(H,15,16)(H2,11,12,13,14,17). The predicted molar refractivity (Wildman–Crippen MR) is 61.9 cm³/mol. The number of nitrogens with zero attached hydrogens (tertiary/aromatic N) is 2. The maximum absolute atomic E-state index is 11.4.